The van der Waals surface area contributed by atoms with Crippen LogP contribution in [0.1, 0.15) is 39.8 Å². The van der Waals surface area contributed by atoms with Gasteiger partial charge in [0.05, 0.1) is 12.0 Å². The molecule has 4 rings (SSSR count). The molecule has 1 aliphatic rings. The van der Waals surface area contributed by atoms with Gasteiger partial charge < -0.3 is 9.15 Å². The molecule has 0 N–H and O–H groups in total. The molecule has 1 aliphatic heterocycles. The molecular weight excluding hydrogens is 370 g/mol. The van der Waals surface area contributed by atoms with E-state index in [1.165, 1.54) is 17.3 Å². The van der Waals surface area contributed by atoms with Crippen LogP contribution in [0.3, 0.4) is 0 Å². The standard InChI is InChI=1S/C22H19N3O4/c1-15-7-9-16(10-8-15)18-13-19(20-6-4-12-28-20)25(24-18)21(26)14-29-22(27)17-5-2-3-11-23-17/h2-12,19H,13-14H2,1H3/t19-/m0/s1. The number of benzene rings is 1. The van der Waals surface area contributed by atoms with Crippen molar-refractivity contribution in [2.24, 2.45) is 5.10 Å². The zero-order chi connectivity index (χ0) is 20.2. The topological polar surface area (TPSA) is 85.0 Å². The van der Waals surface area contributed by atoms with Crippen molar-refractivity contribution in [3.05, 3.63) is 89.6 Å². The molecule has 0 spiro atoms. The minimum absolute atomic E-state index is 0.146. The lowest BCUT2D eigenvalue weighted by atomic mass is 10.0. The Labute approximate surface area is 167 Å². The number of carbonyl (C=O) groups is 2. The molecule has 0 bridgehead atoms. The fraction of sp³-hybridized carbons (Fsp3) is 0.182. The molecule has 1 amide bonds. The van der Waals surface area contributed by atoms with Crippen LogP contribution < -0.4 is 0 Å². The van der Waals surface area contributed by atoms with Crippen LogP contribution in [0.25, 0.3) is 0 Å². The number of hydrogen-bond donors (Lipinski definition) is 0. The van der Waals surface area contributed by atoms with Crippen molar-refractivity contribution in [3.63, 3.8) is 0 Å². The number of pyridine rings is 1. The van der Waals surface area contributed by atoms with E-state index < -0.39 is 18.5 Å². The van der Waals surface area contributed by atoms with E-state index in [-0.39, 0.29) is 11.7 Å². The molecule has 29 heavy (non-hydrogen) atoms. The van der Waals surface area contributed by atoms with Crippen LogP contribution in [0.5, 0.6) is 0 Å². The Balaban J connectivity index is 1.52. The predicted octanol–water partition coefficient (Wildman–Crippen LogP) is 3.52. The summed E-state index contributed by atoms with van der Waals surface area (Å²) in [6.45, 7) is 1.58. The second-order valence-electron chi connectivity index (χ2n) is 6.68. The van der Waals surface area contributed by atoms with Crippen molar-refractivity contribution in [1.82, 2.24) is 9.99 Å². The third-order valence-corrected chi connectivity index (χ3v) is 4.62. The second-order valence-corrected chi connectivity index (χ2v) is 6.68. The van der Waals surface area contributed by atoms with Crippen molar-refractivity contribution in [2.45, 2.75) is 19.4 Å². The normalized spacial score (nSPS) is 15.8. The number of aryl methyl sites for hydroxylation is 1. The summed E-state index contributed by atoms with van der Waals surface area (Å²) in [5.74, 6) is -0.464. The summed E-state index contributed by atoms with van der Waals surface area (Å²) in [6.07, 6.45) is 3.56. The Hall–Kier alpha value is -3.74. The number of furan rings is 1. The van der Waals surface area contributed by atoms with Gasteiger partial charge in [-0.25, -0.2) is 14.8 Å². The van der Waals surface area contributed by atoms with Crippen LogP contribution in [0.2, 0.25) is 0 Å². The van der Waals surface area contributed by atoms with Gasteiger partial charge >= 0.3 is 5.97 Å². The Morgan fingerprint density at radius 1 is 1.14 bits per heavy atom. The number of hydrogen-bond acceptors (Lipinski definition) is 6. The number of ether oxygens (including phenoxy) is 1. The molecule has 0 aliphatic carbocycles. The highest BCUT2D eigenvalue weighted by Crippen LogP contribution is 2.33. The molecule has 7 heteroatoms. The van der Waals surface area contributed by atoms with Gasteiger partial charge in [0.15, 0.2) is 6.61 Å². The first-order chi connectivity index (χ1) is 14.1. The van der Waals surface area contributed by atoms with E-state index in [0.29, 0.717) is 12.2 Å². The third kappa shape index (κ3) is 4.08. The Morgan fingerprint density at radius 3 is 2.66 bits per heavy atom. The number of amides is 1. The van der Waals surface area contributed by atoms with Crippen molar-refractivity contribution < 1.29 is 18.7 Å². The minimum atomic E-state index is -0.657. The monoisotopic (exact) mass is 389 g/mol. The summed E-state index contributed by atoms with van der Waals surface area (Å²) in [5, 5.41) is 5.84. The fourth-order valence-corrected chi connectivity index (χ4v) is 3.11. The fourth-order valence-electron chi connectivity index (χ4n) is 3.11. The van der Waals surface area contributed by atoms with E-state index in [1.54, 1.807) is 30.5 Å². The molecule has 2 aromatic heterocycles. The van der Waals surface area contributed by atoms with Gasteiger partial charge in [-0.15, -0.1) is 0 Å². The van der Waals surface area contributed by atoms with E-state index >= 15 is 0 Å². The molecule has 1 atom stereocenters. The molecule has 1 aromatic carbocycles. The smallest absolute Gasteiger partial charge is 0.357 e. The van der Waals surface area contributed by atoms with Crippen LogP contribution in [0.15, 0.2) is 76.6 Å². The van der Waals surface area contributed by atoms with E-state index in [2.05, 4.69) is 10.1 Å². The molecule has 0 saturated carbocycles. The van der Waals surface area contributed by atoms with Gasteiger partial charge in [0.1, 0.15) is 17.5 Å². The highest BCUT2D eigenvalue weighted by molar-refractivity contribution is 6.03. The van der Waals surface area contributed by atoms with Gasteiger partial charge in [-0.1, -0.05) is 35.9 Å². The maximum Gasteiger partial charge on any atom is 0.357 e. The quantitative estimate of drug-likeness (QED) is 0.624. The summed E-state index contributed by atoms with van der Waals surface area (Å²) in [7, 11) is 0. The van der Waals surface area contributed by atoms with E-state index in [1.807, 2.05) is 31.2 Å². The van der Waals surface area contributed by atoms with Gasteiger partial charge in [0, 0.05) is 12.6 Å². The summed E-state index contributed by atoms with van der Waals surface area (Å²) < 4.78 is 10.6. The number of esters is 1. The highest BCUT2D eigenvalue weighted by atomic mass is 16.5. The van der Waals surface area contributed by atoms with Gasteiger partial charge in [-0.3, -0.25) is 4.79 Å². The largest absolute Gasteiger partial charge is 0.467 e. The van der Waals surface area contributed by atoms with Crippen molar-refractivity contribution in [1.29, 1.82) is 0 Å². The molecule has 0 radical (unpaired) electrons. The second kappa shape index (κ2) is 8.10. The van der Waals surface area contributed by atoms with Gasteiger partial charge in [0.2, 0.25) is 0 Å². The number of nitrogens with zero attached hydrogens (tertiary/aromatic N) is 3. The molecule has 0 saturated heterocycles. The van der Waals surface area contributed by atoms with Crippen molar-refractivity contribution in [3.8, 4) is 0 Å². The lowest BCUT2D eigenvalue weighted by molar-refractivity contribution is -0.136. The SMILES string of the molecule is Cc1ccc(C2=NN(C(=O)COC(=O)c3ccccn3)[C@H](c3ccco3)C2)cc1. The molecule has 146 valence electrons. The van der Waals surface area contributed by atoms with Gasteiger partial charge in [-0.05, 0) is 36.8 Å². The van der Waals surface area contributed by atoms with E-state index in [0.717, 1.165) is 16.8 Å². The van der Waals surface area contributed by atoms with Crippen molar-refractivity contribution in [2.75, 3.05) is 6.61 Å². The van der Waals surface area contributed by atoms with Crippen LogP contribution in [-0.2, 0) is 9.53 Å². The van der Waals surface area contributed by atoms with E-state index in [4.69, 9.17) is 9.15 Å². The Morgan fingerprint density at radius 2 is 1.97 bits per heavy atom. The first-order valence-corrected chi connectivity index (χ1v) is 9.20. The molecular formula is C22H19N3O4. The maximum absolute atomic E-state index is 12.8. The summed E-state index contributed by atoms with van der Waals surface area (Å²) in [4.78, 5) is 28.8. The number of rotatable bonds is 5. The average Bonchev–Trinajstić information content (AvgIpc) is 3.43. The maximum atomic E-state index is 12.8. The summed E-state index contributed by atoms with van der Waals surface area (Å²) >= 11 is 0. The van der Waals surface area contributed by atoms with Gasteiger partial charge in [0.25, 0.3) is 5.91 Å². The van der Waals surface area contributed by atoms with E-state index in [9.17, 15) is 9.59 Å². The number of aromatic nitrogens is 1. The first-order valence-electron chi connectivity index (χ1n) is 9.20. The zero-order valence-corrected chi connectivity index (χ0v) is 15.8. The summed E-state index contributed by atoms with van der Waals surface area (Å²) in [5.41, 5.74) is 3.00. The minimum Gasteiger partial charge on any atom is -0.467 e. The lowest BCUT2D eigenvalue weighted by Gasteiger charge is -2.19. The molecule has 0 fully saturated rings. The summed E-state index contributed by atoms with van der Waals surface area (Å²) in [6, 6.07) is 16.0. The molecule has 3 aromatic rings. The first kappa shape index (κ1) is 18.6. The molecule has 0 unspecified atom stereocenters. The third-order valence-electron chi connectivity index (χ3n) is 4.62. The highest BCUT2D eigenvalue weighted by Gasteiger charge is 2.35. The average molecular weight is 389 g/mol. The van der Waals surface area contributed by atoms with Crippen LogP contribution in [0, 0.1) is 6.92 Å². The van der Waals surface area contributed by atoms with Crippen molar-refractivity contribution >= 4 is 17.6 Å². The molecule has 3 heterocycles. The number of hydrazone groups is 1. The zero-order valence-electron chi connectivity index (χ0n) is 15.8. The lowest BCUT2D eigenvalue weighted by Crippen LogP contribution is -2.31. The predicted molar refractivity (Wildman–Crippen MR) is 105 cm³/mol. The Kier molecular flexibility index (Phi) is 5.20. The van der Waals surface area contributed by atoms with Gasteiger partial charge in [-0.2, -0.15) is 5.10 Å². The Bertz CT molecular complexity index is 1030. The van der Waals surface area contributed by atoms with Crippen LogP contribution in [-0.4, -0.2) is 34.2 Å². The number of carbonyl (C=O) groups excluding carboxylic acids is 2. The van der Waals surface area contributed by atoms with Crippen LogP contribution in [0.4, 0.5) is 0 Å². The van der Waals surface area contributed by atoms with Crippen LogP contribution >= 0.6 is 0 Å². The molecule has 7 nitrogen and oxygen atoms in total.